The summed E-state index contributed by atoms with van der Waals surface area (Å²) in [5, 5.41) is 0. The van der Waals surface area contributed by atoms with E-state index in [0.717, 1.165) is 0 Å². The van der Waals surface area contributed by atoms with Crippen LogP contribution in [0, 0.1) is 13.8 Å². The van der Waals surface area contributed by atoms with Crippen LogP contribution in [0.5, 0.6) is 0 Å². The zero-order valence-electron chi connectivity index (χ0n) is 20.4. The number of hydrogen-bond acceptors (Lipinski definition) is 0. The summed E-state index contributed by atoms with van der Waals surface area (Å²) in [5.41, 5.74) is 16.2. The molecule has 0 bridgehead atoms. The van der Waals surface area contributed by atoms with Gasteiger partial charge in [-0.2, -0.15) is 9.13 Å². The first-order chi connectivity index (χ1) is 17.7. The molecule has 1 aliphatic carbocycles. The zero-order chi connectivity index (χ0) is 24.0. The second-order valence-electron chi connectivity index (χ2n) is 10.3. The van der Waals surface area contributed by atoms with Crippen molar-refractivity contribution in [2.75, 3.05) is 0 Å². The molecule has 1 fully saturated rings. The molecule has 0 amide bonds. The van der Waals surface area contributed by atoms with Crippen molar-refractivity contribution in [3.8, 4) is 33.6 Å². The summed E-state index contributed by atoms with van der Waals surface area (Å²) >= 11 is 0. The minimum atomic E-state index is 0.359. The van der Waals surface area contributed by atoms with Crippen molar-refractivity contribution in [1.82, 2.24) is 0 Å². The fourth-order valence-electron chi connectivity index (χ4n) is 6.68. The van der Waals surface area contributed by atoms with E-state index in [1.807, 2.05) is 0 Å². The van der Waals surface area contributed by atoms with E-state index in [1.165, 1.54) is 67.4 Å². The van der Waals surface area contributed by atoms with Gasteiger partial charge in [0.1, 0.15) is 0 Å². The van der Waals surface area contributed by atoms with Crippen LogP contribution in [0.25, 0.3) is 39.3 Å². The van der Waals surface area contributed by atoms with Crippen LogP contribution in [-0.4, -0.2) is 0 Å². The third-order valence-corrected chi connectivity index (χ3v) is 8.28. The summed E-state index contributed by atoms with van der Waals surface area (Å²) in [6, 6.07) is 40.5. The Morgan fingerprint density at radius 3 is 2.17 bits per heavy atom. The molecule has 2 nitrogen and oxygen atoms in total. The van der Waals surface area contributed by atoms with Gasteiger partial charge in [-0.1, -0.05) is 54.6 Å². The Morgan fingerprint density at radius 1 is 0.556 bits per heavy atom. The predicted molar refractivity (Wildman–Crippen MR) is 143 cm³/mol. The predicted octanol–water partition coefficient (Wildman–Crippen LogP) is 6.80. The van der Waals surface area contributed by atoms with Crippen molar-refractivity contribution in [3.63, 3.8) is 0 Å². The van der Waals surface area contributed by atoms with Gasteiger partial charge in [-0.15, -0.1) is 0 Å². The maximum atomic E-state index is 2.58. The molecule has 2 atom stereocenters. The van der Waals surface area contributed by atoms with Crippen LogP contribution in [0.3, 0.4) is 0 Å². The maximum Gasteiger partial charge on any atom is 0.226 e. The highest BCUT2D eigenvalue weighted by Gasteiger charge is 2.63. The Balaban J connectivity index is 1.44. The highest BCUT2D eigenvalue weighted by Crippen LogP contribution is 2.62. The van der Waals surface area contributed by atoms with E-state index in [2.05, 4.69) is 132 Å². The molecule has 2 aromatic heterocycles. The van der Waals surface area contributed by atoms with Gasteiger partial charge in [-0.25, -0.2) is 0 Å². The normalized spacial score (nSPS) is 20.2. The van der Waals surface area contributed by atoms with Gasteiger partial charge in [0.15, 0.2) is 17.4 Å². The molecule has 36 heavy (non-hydrogen) atoms. The molecule has 1 saturated carbocycles. The number of aromatic nitrogens is 2. The van der Waals surface area contributed by atoms with E-state index in [1.54, 1.807) is 0 Å². The number of nitrogens with zero attached hydrogens (tertiary/aromatic N) is 2. The number of aryl methyl sites for hydroxylation is 2. The first-order valence-electron chi connectivity index (χ1n) is 12.8. The molecule has 5 aromatic rings. The number of pyridine rings is 2. The number of allylic oxidation sites excluding steroid dienone is 1. The topological polar surface area (TPSA) is 7.76 Å². The summed E-state index contributed by atoms with van der Waals surface area (Å²) in [7, 11) is 0. The molecule has 4 heterocycles. The lowest BCUT2D eigenvalue weighted by molar-refractivity contribution is -0.694. The van der Waals surface area contributed by atoms with Crippen molar-refractivity contribution < 1.29 is 9.13 Å². The van der Waals surface area contributed by atoms with E-state index in [9.17, 15) is 0 Å². The van der Waals surface area contributed by atoms with Crippen LogP contribution in [0.1, 0.15) is 34.5 Å². The molecule has 8 rings (SSSR count). The maximum absolute atomic E-state index is 2.58. The molecule has 170 valence electrons. The van der Waals surface area contributed by atoms with Crippen LogP contribution in [0.4, 0.5) is 0 Å². The average molecular weight is 463 g/mol. The third kappa shape index (κ3) is 2.56. The van der Waals surface area contributed by atoms with Crippen molar-refractivity contribution in [3.05, 3.63) is 137 Å². The lowest BCUT2D eigenvalue weighted by Gasteiger charge is -2.14. The quantitative estimate of drug-likeness (QED) is 0.237. The average Bonchev–Trinajstić information content (AvgIpc) is 3.56. The van der Waals surface area contributed by atoms with E-state index in [-0.39, 0.29) is 0 Å². The fraction of sp³-hybridized carbons (Fsp3) is 0.118. The van der Waals surface area contributed by atoms with E-state index in [4.69, 9.17) is 0 Å². The SMILES string of the molecule is Cc1cccc2[n+]1/C(=C1/C3c4ccccc4-c4cccc(C)[n+]4C13)c1cc(-c3ccccc3)ccc1-2. The number of benzene rings is 3. The smallest absolute Gasteiger partial charge is 0.188 e. The van der Waals surface area contributed by atoms with Gasteiger partial charge < -0.3 is 0 Å². The Kier molecular flexibility index (Phi) is 3.94. The van der Waals surface area contributed by atoms with Crippen LogP contribution in [0.2, 0.25) is 0 Å². The van der Waals surface area contributed by atoms with Crippen molar-refractivity contribution in [2.24, 2.45) is 0 Å². The molecular weight excluding hydrogens is 436 g/mol. The highest BCUT2D eigenvalue weighted by atomic mass is 15.1. The Hall–Kier alpha value is -4.30. The minimum Gasteiger partial charge on any atom is -0.188 e. The van der Waals surface area contributed by atoms with Crippen LogP contribution in [0.15, 0.2) is 115 Å². The largest absolute Gasteiger partial charge is 0.226 e. The third-order valence-electron chi connectivity index (χ3n) is 8.28. The Bertz CT molecular complexity index is 1760. The van der Waals surface area contributed by atoms with E-state index in [0.29, 0.717) is 12.0 Å². The number of fused-ring (bicyclic) bond motifs is 9. The van der Waals surface area contributed by atoms with Gasteiger partial charge in [0, 0.05) is 38.1 Å². The van der Waals surface area contributed by atoms with Crippen LogP contribution < -0.4 is 9.13 Å². The van der Waals surface area contributed by atoms with Crippen molar-refractivity contribution >= 4 is 5.70 Å². The molecule has 2 unspecified atom stereocenters. The van der Waals surface area contributed by atoms with Gasteiger partial charge in [-0.05, 0) is 47.0 Å². The number of hydrogen-bond donors (Lipinski definition) is 0. The molecule has 0 radical (unpaired) electrons. The highest BCUT2D eigenvalue weighted by molar-refractivity contribution is 5.88. The van der Waals surface area contributed by atoms with Gasteiger partial charge >= 0.3 is 0 Å². The summed E-state index contributed by atoms with van der Waals surface area (Å²) < 4.78 is 5.08. The molecular formula is C34H26N2+2. The monoisotopic (exact) mass is 462 g/mol. The van der Waals surface area contributed by atoms with Gasteiger partial charge in [0.05, 0.1) is 28.2 Å². The van der Waals surface area contributed by atoms with Crippen LogP contribution in [-0.2, 0) is 0 Å². The molecule has 3 aromatic carbocycles. The van der Waals surface area contributed by atoms with Crippen molar-refractivity contribution in [1.29, 1.82) is 0 Å². The molecule has 2 aliphatic heterocycles. The van der Waals surface area contributed by atoms with Gasteiger partial charge in [-0.3, -0.25) is 0 Å². The lowest BCUT2D eigenvalue weighted by atomic mass is 9.95. The van der Waals surface area contributed by atoms with Gasteiger partial charge in [0.2, 0.25) is 17.1 Å². The second-order valence-corrected chi connectivity index (χ2v) is 10.3. The fourth-order valence-corrected chi connectivity index (χ4v) is 6.68. The van der Waals surface area contributed by atoms with Crippen LogP contribution >= 0.6 is 0 Å². The van der Waals surface area contributed by atoms with Crippen molar-refractivity contribution in [2.45, 2.75) is 25.8 Å². The molecule has 0 saturated heterocycles. The molecule has 0 N–H and O–H groups in total. The molecule has 3 aliphatic rings. The molecule has 0 spiro atoms. The first-order valence-corrected chi connectivity index (χ1v) is 12.8. The summed E-state index contributed by atoms with van der Waals surface area (Å²) in [6.45, 7) is 4.48. The number of rotatable bonds is 1. The summed E-state index contributed by atoms with van der Waals surface area (Å²) in [4.78, 5) is 0. The zero-order valence-corrected chi connectivity index (χ0v) is 20.4. The second kappa shape index (κ2) is 7.11. The first kappa shape index (κ1) is 19.9. The Labute approximate surface area is 211 Å². The summed E-state index contributed by atoms with van der Waals surface area (Å²) in [6.07, 6.45) is 0. The van der Waals surface area contributed by atoms with Gasteiger partial charge in [0.25, 0.3) is 0 Å². The minimum absolute atomic E-state index is 0.359. The molecule has 2 heteroatoms. The lowest BCUT2D eigenvalue weighted by Crippen LogP contribution is -2.41. The van der Waals surface area contributed by atoms with E-state index < -0.39 is 0 Å². The summed E-state index contributed by atoms with van der Waals surface area (Å²) in [5.74, 6) is 0.404. The Morgan fingerprint density at radius 2 is 1.31 bits per heavy atom. The standard InChI is InChI=1S/C34H26N2/c1-21-10-8-17-30-26-19-18-24(23-12-4-3-5-13-23)20-28(26)33(35(21)30)32-31-27-15-7-6-14-25(27)29-16-9-11-22(2)36(29)34(31)32/h3-20,31,34H,1-2H3/q+2/b33-32-. The van der Waals surface area contributed by atoms with E-state index >= 15 is 0 Å².